The van der Waals surface area contributed by atoms with Gasteiger partial charge in [-0.1, -0.05) is 109 Å². The highest BCUT2D eigenvalue weighted by molar-refractivity contribution is 6.12. The molecule has 0 saturated carbocycles. The first kappa shape index (κ1) is 30.8. The van der Waals surface area contributed by atoms with Gasteiger partial charge in [0.2, 0.25) is 0 Å². The summed E-state index contributed by atoms with van der Waals surface area (Å²) < 4.78 is 0. The van der Waals surface area contributed by atoms with Gasteiger partial charge in [0.05, 0.1) is 28.3 Å². The molecule has 0 saturated heterocycles. The fourth-order valence-electron chi connectivity index (χ4n) is 5.92. The number of hydrogen-bond donors (Lipinski definition) is 2. The summed E-state index contributed by atoms with van der Waals surface area (Å²) in [4.78, 5) is 19.1. The lowest BCUT2D eigenvalue weighted by Crippen LogP contribution is -2.38. The van der Waals surface area contributed by atoms with Gasteiger partial charge in [-0.25, -0.2) is 5.01 Å². The first-order valence-electron chi connectivity index (χ1n) is 16.1. The zero-order chi connectivity index (χ0) is 33.4. The molecule has 238 valence electrons. The number of carbonyl (C=O) groups excluding carboxylic acids is 1. The summed E-state index contributed by atoms with van der Waals surface area (Å²) in [7, 11) is 0. The molecule has 0 fully saturated rings. The predicted octanol–water partition coefficient (Wildman–Crippen LogP) is 10.9. The van der Waals surface area contributed by atoms with E-state index in [-0.39, 0.29) is 5.91 Å². The Labute approximate surface area is 286 Å². The average molecular weight is 638 g/mol. The summed E-state index contributed by atoms with van der Waals surface area (Å²) in [5.41, 5.74) is 17.7. The number of nitrogens with zero attached hydrogens (tertiary/aromatic N) is 3. The molecule has 3 N–H and O–H groups in total. The van der Waals surface area contributed by atoms with E-state index in [4.69, 9.17) is 5.73 Å². The van der Waals surface area contributed by atoms with Crippen LogP contribution < -0.4 is 26.0 Å². The average Bonchev–Trinajstić information content (AvgIpc) is 3.17. The molecular formula is C43H35N5O. The lowest BCUT2D eigenvalue weighted by molar-refractivity contribution is 0.0993. The van der Waals surface area contributed by atoms with E-state index in [9.17, 15) is 4.79 Å². The van der Waals surface area contributed by atoms with Crippen molar-refractivity contribution < 1.29 is 4.79 Å². The van der Waals surface area contributed by atoms with Crippen LogP contribution >= 0.6 is 0 Å². The van der Waals surface area contributed by atoms with Crippen molar-refractivity contribution in [1.29, 1.82) is 0 Å². The van der Waals surface area contributed by atoms with Crippen molar-refractivity contribution in [1.82, 2.24) is 0 Å². The largest absolute Gasteiger partial charge is 0.398 e. The topological polar surface area (TPSA) is 64.8 Å². The highest BCUT2D eigenvalue weighted by Crippen LogP contribution is 2.43. The van der Waals surface area contributed by atoms with Crippen molar-refractivity contribution >= 4 is 57.1 Å². The van der Waals surface area contributed by atoms with Gasteiger partial charge in [0.15, 0.2) is 0 Å². The van der Waals surface area contributed by atoms with Crippen molar-refractivity contribution in [2.24, 2.45) is 0 Å². The van der Waals surface area contributed by atoms with Crippen LogP contribution in [0.1, 0.15) is 10.4 Å². The Bertz CT molecular complexity index is 2060. The molecule has 7 aromatic rings. The molecule has 6 heteroatoms. The molecule has 0 aliphatic heterocycles. The van der Waals surface area contributed by atoms with Crippen molar-refractivity contribution in [3.05, 3.63) is 200 Å². The first-order valence-corrected chi connectivity index (χ1v) is 16.1. The van der Waals surface area contributed by atoms with Crippen molar-refractivity contribution in [3.8, 4) is 0 Å². The second-order valence-corrected chi connectivity index (χ2v) is 11.4. The minimum atomic E-state index is -0.299. The van der Waals surface area contributed by atoms with E-state index >= 15 is 0 Å². The number of hydrazine groups is 1. The summed E-state index contributed by atoms with van der Waals surface area (Å²) in [5.74, 6) is -0.299. The number of nitrogen functional groups attached to an aromatic ring is 1. The minimum Gasteiger partial charge on any atom is -0.398 e. The van der Waals surface area contributed by atoms with E-state index in [1.807, 2.05) is 133 Å². The Balaban J connectivity index is 1.42. The summed E-state index contributed by atoms with van der Waals surface area (Å²) in [6.07, 6.45) is 0. The van der Waals surface area contributed by atoms with Crippen LogP contribution in [0.25, 0.3) is 0 Å². The molecule has 0 heterocycles. The molecule has 0 unspecified atom stereocenters. The lowest BCUT2D eigenvalue weighted by Gasteiger charge is -2.34. The Morgan fingerprint density at radius 1 is 0.408 bits per heavy atom. The molecular weight excluding hydrogens is 603 g/mol. The maximum atomic E-state index is 14.8. The highest BCUT2D eigenvalue weighted by Gasteiger charge is 2.27. The van der Waals surface area contributed by atoms with Crippen molar-refractivity contribution in [2.75, 3.05) is 26.0 Å². The van der Waals surface area contributed by atoms with Gasteiger partial charge < -0.3 is 15.5 Å². The molecule has 0 aliphatic rings. The molecule has 0 radical (unpaired) electrons. The van der Waals surface area contributed by atoms with Crippen LogP contribution in [0.2, 0.25) is 0 Å². The number of nitrogens with one attached hydrogen (secondary N) is 1. The van der Waals surface area contributed by atoms with Crippen molar-refractivity contribution in [3.63, 3.8) is 0 Å². The Morgan fingerprint density at radius 3 is 1.27 bits per heavy atom. The summed E-state index contributed by atoms with van der Waals surface area (Å²) in [6.45, 7) is 0. The molecule has 7 rings (SSSR count). The molecule has 0 spiro atoms. The molecule has 0 atom stereocenters. The van der Waals surface area contributed by atoms with Gasteiger partial charge in [0.25, 0.3) is 5.91 Å². The van der Waals surface area contributed by atoms with E-state index in [1.165, 1.54) is 0 Å². The standard InChI is InChI=1S/C43H35N5O/c44-38-28-14-13-27-37(38)43(49)48(42-32-18-17-31-41(42)47(35-23-9-3-10-24-35)36-25-11-4-12-26-36)45-39-29-15-16-30-40(39)46(33-19-5-1-6-20-33)34-21-7-2-8-22-34/h1-32,45H,44H2. The number of para-hydroxylation sites is 9. The van der Waals surface area contributed by atoms with Gasteiger partial charge in [0.1, 0.15) is 0 Å². The normalized spacial score (nSPS) is 10.6. The second kappa shape index (κ2) is 14.3. The molecule has 0 aliphatic carbocycles. The SMILES string of the molecule is Nc1ccccc1C(=O)N(Nc1ccccc1N(c1ccccc1)c1ccccc1)c1ccccc1N(c1ccccc1)c1ccccc1. The molecule has 6 nitrogen and oxygen atoms in total. The monoisotopic (exact) mass is 637 g/mol. The number of carbonyl (C=O) groups is 1. The summed E-state index contributed by atoms with van der Waals surface area (Å²) >= 11 is 0. The first-order chi connectivity index (χ1) is 24.2. The van der Waals surface area contributed by atoms with E-state index < -0.39 is 0 Å². The van der Waals surface area contributed by atoms with Crippen LogP contribution in [0.15, 0.2) is 194 Å². The van der Waals surface area contributed by atoms with E-state index in [2.05, 4.69) is 63.8 Å². The predicted molar refractivity (Wildman–Crippen MR) is 204 cm³/mol. The lowest BCUT2D eigenvalue weighted by atomic mass is 10.1. The van der Waals surface area contributed by atoms with Crippen LogP contribution in [0, 0.1) is 0 Å². The molecule has 0 bridgehead atoms. The maximum absolute atomic E-state index is 14.8. The fourth-order valence-corrected chi connectivity index (χ4v) is 5.92. The van der Waals surface area contributed by atoms with Gasteiger partial charge in [0, 0.05) is 28.4 Å². The number of anilines is 9. The van der Waals surface area contributed by atoms with E-state index in [0.29, 0.717) is 16.9 Å². The Kier molecular flexibility index (Phi) is 9.01. The number of hydrogen-bond acceptors (Lipinski definition) is 5. The molecule has 7 aromatic carbocycles. The summed E-state index contributed by atoms with van der Waals surface area (Å²) in [6, 6.07) is 63.7. The van der Waals surface area contributed by atoms with Gasteiger partial charge in [-0.15, -0.1) is 0 Å². The van der Waals surface area contributed by atoms with Gasteiger partial charge in [-0.2, -0.15) is 0 Å². The Hall–Kier alpha value is -6.79. The Morgan fingerprint density at radius 2 is 0.776 bits per heavy atom. The van der Waals surface area contributed by atoms with Crippen LogP contribution in [-0.2, 0) is 0 Å². The van der Waals surface area contributed by atoms with Crippen LogP contribution in [0.4, 0.5) is 51.2 Å². The van der Waals surface area contributed by atoms with Gasteiger partial charge in [-0.3, -0.25) is 10.2 Å². The zero-order valence-electron chi connectivity index (χ0n) is 26.8. The van der Waals surface area contributed by atoms with E-state index in [0.717, 1.165) is 39.8 Å². The smallest absolute Gasteiger partial charge is 0.279 e. The third-order valence-electron chi connectivity index (χ3n) is 8.19. The van der Waals surface area contributed by atoms with E-state index in [1.54, 1.807) is 17.1 Å². The third kappa shape index (κ3) is 6.57. The minimum absolute atomic E-state index is 0.299. The maximum Gasteiger partial charge on any atom is 0.279 e. The quantitative estimate of drug-likeness (QED) is 0.115. The van der Waals surface area contributed by atoms with Gasteiger partial charge >= 0.3 is 0 Å². The van der Waals surface area contributed by atoms with Crippen LogP contribution in [0.3, 0.4) is 0 Å². The molecule has 0 aromatic heterocycles. The third-order valence-corrected chi connectivity index (χ3v) is 8.19. The number of benzene rings is 7. The number of rotatable bonds is 10. The fraction of sp³-hybridized carbons (Fsp3) is 0. The second-order valence-electron chi connectivity index (χ2n) is 11.4. The molecule has 1 amide bonds. The van der Waals surface area contributed by atoms with Crippen molar-refractivity contribution in [2.45, 2.75) is 0 Å². The molecule has 49 heavy (non-hydrogen) atoms. The zero-order valence-corrected chi connectivity index (χ0v) is 26.8. The van der Waals surface area contributed by atoms with Gasteiger partial charge in [-0.05, 0) is 84.9 Å². The highest BCUT2D eigenvalue weighted by atomic mass is 16.2. The van der Waals surface area contributed by atoms with Crippen LogP contribution in [-0.4, -0.2) is 5.91 Å². The number of amides is 1. The number of nitrogens with two attached hydrogens (primary N) is 1. The summed E-state index contributed by atoms with van der Waals surface area (Å²) in [5, 5.41) is 1.60. The van der Waals surface area contributed by atoms with Crippen LogP contribution in [0.5, 0.6) is 0 Å².